The summed E-state index contributed by atoms with van der Waals surface area (Å²) < 4.78 is 0. The number of benzene rings is 1. The van der Waals surface area contributed by atoms with Crippen LogP contribution in [0.15, 0.2) is 29.4 Å². The Morgan fingerprint density at radius 3 is 2.58 bits per heavy atom. The molecule has 0 bridgehead atoms. The molecule has 2 aromatic rings. The Hall–Kier alpha value is -2.07. The lowest BCUT2D eigenvalue weighted by Crippen LogP contribution is -2.26. The highest BCUT2D eigenvalue weighted by molar-refractivity contribution is 6.55. The Balaban J connectivity index is 2.29. The SMILES string of the molecule is Cc1cccc2c(C3=C(Cl)C(=O)N(C)C3=O)c[nH]c12. The number of carbonyl (C=O) groups is 2. The van der Waals surface area contributed by atoms with Crippen molar-refractivity contribution in [2.45, 2.75) is 6.92 Å². The van der Waals surface area contributed by atoms with Crippen LogP contribution in [-0.2, 0) is 9.59 Å². The van der Waals surface area contributed by atoms with Crippen LogP contribution in [0.2, 0.25) is 0 Å². The van der Waals surface area contributed by atoms with E-state index in [-0.39, 0.29) is 16.5 Å². The van der Waals surface area contributed by atoms with Crippen molar-refractivity contribution in [2.24, 2.45) is 0 Å². The fraction of sp³-hybridized carbons (Fsp3) is 0.143. The summed E-state index contributed by atoms with van der Waals surface area (Å²) in [4.78, 5) is 28.0. The van der Waals surface area contributed by atoms with Gasteiger partial charge in [-0.1, -0.05) is 29.8 Å². The molecule has 0 radical (unpaired) electrons. The van der Waals surface area contributed by atoms with Gasteiger partial charge in [0, 0.05) is 29.7 Å². The topological polar surface area (TPSA) is 53.2 Å². The molecule has 0 saturated heterocycles. The van der Waals surface area contributed by atoms with E-state index < -0.39 is 5.91 Å². The molecule has 0 unspecified atom stereocenters. The number of amides is 2. The zero-order valence-corrected chi connectivity index (χ0v) is 11.2. The lowest BCUT2D eigenvalue weighted by Gasteiger charge is -2.05. The Kier molecular flexibility index (Phi) is 2.50. The number of nitrogens with zero attached hydrogens (tertiary/aromatic N) is 1. The van der Waals surface area contributed by atoms with Crippen molar-refractivity contribution in [1.29, 1.82) is 0 Å². The largest absolute Gasteiger partial charge is 0.360 e. The molecule has 0 spiro atoms. The fourth-order valence-electron chi connectivity index (χ4n) is 2.35. The minimum Gasteiger partial charge on any atom is -0.360 e. The van der Waals surface area contributed by atoms with E-state index in [0.717, 1.165) is 21.4 Å². The molecule has 96 valence electrons. The van der Waals surface area contributed by atoms with Crippen molar-refractivity contribution < 1.29 is 9.59 Å². The smallest absolute Gasteiger partial charge is 0.272 e. The minimum atomic E-state index is -0.455. The number of carbonyl (C=O) groups excluding carboxylic acids is 2. The summed E-state index contributed by atoms with van der Waals surface area (Å²) in [5, 5.41) is 0.875. The maximum atomic E-state index is 12.1. The molecule has 2 amide bonds. The van der Waals surface area contributed by atoms with Gasteiger partial charge in [0.25, 0.3) is 11.8 Å². The van der Waals surface area contributed by atoms with Gasteiger partial charge in [-0.25, -0.2) is 0 Å². The van der Waals surface area contributed by atoms with Crippen LogP contribution in [-0.4, -0.2) is 28.7 Å². The maximum Gasteiger partial charge on any atom is 0.272 e. The molecule has 3 rings (SSSR count). The number of aromatic nitrogens is 1. The first-order valence-electron chi connectivity index (χ1n) is 5.81. The van der Waals surface area contributed by atoms with Gasteiger partial charge in [0.2, 0.25) is 0 Å². The number of aromatic amines is 1. The van der Waals surface area contributed by atoms with Crippen LogP contribution >= 0.6 is 11.6 Å². The van der Waals surface area contributed by atoms with Crippen molar-refractivity contribution in [3.05, 3.63) is 40.6 Å². The van der Waals surface area contributed by atoms with Crippen LogP contribution in [0.4, 0.5) is 0 Å². The van der Waals surface area contributed by atoms with Gasteiger partial charge in [-0.15, -0.1) is 0 Å². The van der Waals surface area contributed by atoms with Crippen molar-refractivity contribution in [3.8, 4) is 0 Å². The maximum absolute atomic E-state index is 12.1. The summed E-state index contributed by atoms with van der Waals surface area (Å²) >= 11 is 6.00. The van der Waals surface area contributed by atoms with Gasteiger partial charge in [-0.2, -0.15) is 0 Å². The number of H-pyrrole nitrogens is 1. The molecule has 5 heteroatoms. The molecule has 1 aliphatic heterocycles. The monoisotopic (exact) mass is 274 g/mol. The van der Waals surface area contributed by atoms with Crippen LogP contribution in [0.25, 0.3) is 16.5 Å². The summed E-state index contributed by atoms with van der Waals surface area (Å²) in [7, 11) is 1.43. The highest BCUT2D eigenvalue weighted by atomic mass is 35.5. The molecule has 0 atom stereocenters. The lowest BCUT2D eigenvalue weighted by molar-refractivity contribution is -0.134. The molecule has 0 fully saturated rings. The molecule has 4 nitrogen and oxygen atoms in total. The van der Waals surface area contributed by atoms with Crippen molar-refractivity contribution in [3.63, 3.8) is 0 Å². The molecule has 1 aromatic heterocycles. The number of hydrogen-bond acceptors (Lipinski definition) is 2. The number of halogens is 1. The van der Waals surface area contributed by atoms with E-state index in [1.807, 2.05) is 25.1 Å². The first-order chi connectivity index (χ1) is 9.02. The molecule has 2 heterocycles. The number of fused-ring (bicyclic) bond motifs is 1. The van der Waals surface area contributed by atoms with Gasteiger partial charge in [0.15, 0.2) is 0 Å². The average molecular weight is 275 g/mol. The van der Waals surface area contributed by atoms with Gasteiger partial charge >= 0.3 is 0 Å². The Bertz CT molecular complexity index is 758. The van der Waals surface area contributed by atoms with Crippen LogP contribution < -0.4 is 0 Å². The molecule has 0 saturated carbocycles. The standard InChI is InChI=1S/C14H11ClN2O2/c1-7-4-3-5-8-9(6-16-12(7)8)10-11(15)14(19)17(2)13(10)18/h3-6,16H,1-2H3. The summed E-state index contributed by atoms with van der Waals surface area (Å²) in [5.41, 5.74) is 2.97. The number of rotatable bonds is 1. The number of nitrogens with one attached hydrogen (secondary N) is 1. The first-order valence-corrected chi connectivity index (χ1v) is 6.19. The molecule has 1 N–H and O–H groups in total. The third-order valence-corrected chi connectivity index (χ3v) is 3.77. The highest BCUT2D eigenvalue weighted by Gasteiger charge is 2.36. The third kappa shape index (κ3) is 1.53. The molecular weight excluding hydrogens is 264 g/mol. The molecule has 19 heavy (non-hydrogen) atoms. The highest BCUT2D eigenvalue weighted by Crippen LogP contribution is 2.35. The fourth-order valence-corrected chi connectivity index (χ4v) is 2.66. The van der Waals surface area contributed by atoms with Gasteiger partial charge in [0.1, 0.15) is 5.03 Å². The second kappa shape index (κ2) is 3.96. The van der Waals surface area contributed by atoms with E-state index in [1.165, 1.54) is 7.05 Å². The predicted molar refractivity (Wildman–Crippen MR) is 73.6 cm³/mol. The van der Waals surface area contributed by atoms with Crippen LogP contribution in [0.1, 0.15) is 11.1 Å². The number of likely N-dealkylation sites (N-methyl/N-ethyl adjacent to an activating group) is 1. The summed E-state index contributed by atoms with van der Waals surface area (Å²) in [6.45, 7) is 1.98. The average Bonchev–Trinajstić information content (AvgIpc) is 2.89. The molecular formula is C14H11ClN2O2. The van der Waals surface area contributed by atoms with Crippen LogP contribution in [0, 0.1) is 6.92 Å². The molecule has 1 aromatic carbocycles. The van der Waals surface area contributed by atoms with Crippen molar-refractivity contribution >= 4 is 39.9 Å². The van der Waals surface area contributed by atoms with E-state index in [4.69, 9.17) is 11.6 Å². The number of imide groups is 1. The molecule has 1 aliphatic rings. The third-order valence-electron chi connectivity index (χ3n) is 3.42. The quantitative estimate of drug-likeness (QED) is 0.812. The van der Waals surface area contributed by atoms with E-state index in [9.17, 15) is 9.59 Å². The second-order valence-corrected chi connectivity index (χ2v) is 4.94. The lowest BCUT2D eigenvalue weighted by atomic mass is 10.0. The van der Waals surface area contributed by atoms with Gasteiger partial charge in [0.05, 0.1) is 5.57 Å². The Labute approximate surface area is 114 Å². The van der Waals surface area contributed by atoms with E-state index in [1.54, 1.807) is 6.20 Å². The van der Waals surface area contributed by atoms with Crippen molar-refractivity contribution in [1.82, 2.24) is 9.88 Å². The summed E-state index contributed by atoms with van der Waals surface area (Å²) in [6.07, 6.45) is 1.72. The van der Waals surface area contributed by atoms with Crippen LogP contribution in [0.5, 0.6) is 0 Å². The van der Waals surface area contributed by atoms with E-state index in [2.05, 4.69) is 4.98 Å². The molecule has 0 aliphatic carbocycles. The Morgan fingerprint density at radius 2 is 1.95 bits per heavy atom. The number of para-hydroxylation sites is 1. The summed E-state index contributed by atoms with van der Waals surface area (Å²) in [5.74, 6) is -0.818. The summed E-state index contributed by atoms with van der Waals surface area (Å²) in [6, 6.07) is 5.79. The van der Waals surface area contributed by atoms with E-state index in [0.29, 0.717) is 5.56 Å². The van der Waals surface area contributed by atoms with E-state index >= 15 is 0 Å². The van der Waals surface area contributed by atoms with Gasteiger partial charge < -0.3 is 4.98 Å². The first kappa shape index (κ1) is 12.0. The number of aryl methyl sites for hydroxylation is 1. The second-order valence-electron chi connectivity index (χ2n) is 4.56. The van der Waals surface area contributed by atoms with Crippen molar-refractivity contribution in [2.75, 3.05) is 7.05 Å². The predicted octanol–water partition coefficient (Wildman–Crippen LogP) is 2.42. The zero-order valence-electron chi connectivity index (χ0n) is 10.5. The normalized spacial score (nSPS) is 16.1. The number of hydrogen-bond donors (Lipinski definition) is 1. The zero-order chi connectivity index (χ0) is 13.7. The Morgan fingerprint density at radius 1 is 1.21 bits per heavy atom. The van der Waals surface area contributed by atoms with Crippen LogP contribution in [0.3, 0.4) is 0 Å². The minimum absolute atomic E-state index is 0.0186. The van der Waals surface area contributed by atoms with Gasteiger partial charge in [-0.3, -0.25) is 14.5 Å². The van der Waals surface area contributed by atoms with Gasteiger partial charge in [-0.05, 0) is 12.5 Å².